The van der Waals surface area contributed by atoms with Crippen molar-refractivity contribution in [1.82, 2.24) is 4.98 Å². The minimum atomic E-state index is -0.486. The Bertz CT molecular complexity index is 647. The summed E-state index contributed by atoms with van der Waals surface area (Å²) in [6.07, 6.45) is -0.0468. The summed E-state index contributed by atoms with van der Waals surface area (Å²) < 4.78 is 0. The highest BCUT2D eigenvalue weighted by molar-refractivity contribution is 7.15. The molecule has 0 aliphatic rings. The zero-order chi connectivity index (χ0) is 14.7. The van der Waals surface area contributed by atoms with Crippen molar-refractivity contribution in [2.75, 3.05) is 5.32 Å². The van der Waals surface area contributed by atoms with Crippen molar-refractivity contribution < 1.29 is 9.72 Å². The zero-order valence-electron chi connectivity index (χ0n) is 11.0. The Morgan fingerprint density at radius 3 is 2.70 bits per heavy atom. The molecule has 0 bridgehead atoms. The SMILES string of the molecule is Cc1nc(NC(=O)Cc2ccccc2[N+](=O)[O-])sc1C. The summed E-state index contributed by atoms with van der Waals surface area (Å²) in [6, 6.07) is 6.22. The second-order valence-electron chi connectivity index (χ2n) is 4.27. The fourth-order valence-electron chi connectivity index (χ4n) is 1.70. The summed E-state index contributed by atoms with van der Waals surface area (Å²) in [5, 5.41) is 14.1. The summed E-state index contributed by atoms with van der Waals surface area (Å²) in [5.74, 6) is -0.312. The first-order valence-electron chi connectivity index (χ1n) is 5.93. The van der Waals surface area contributed by atoms with E-state index in [-0.39, 0.29) is 18.0 Å². The van der Waals surface area contributed by atoms with Crippen molar-refractivity contribution in [3.63, 3.8) is 0 Å². The molecular weight excluding hydrogens is 278 g/mol. The molecule has 0 saturated heterocycles. The number of aryl methyl sites for hydroxylation is 2. The molecule has 0 fully saturated rings. The second-order valence-corrected chi connectivity index (χ2v) is 5.47. The van der Waals surface area contributed by atoms with Crippen molar-refractivity contribution in [3.05, 3.63) is 50.5 Å². The molecule has 0 aliphatic heterocycles. The van der Waals surface area contributed by atoms with Gasteiger partial charge in [-0.2, -0.15) is 0 Å². The van der Waals surface area contributed by atoms with E-state index >= 15 is 0 Å². The number of aromatic nitrogens is 1. The smallest absolute Gasteiger partial charge is 0.273 e. The first-order valence-corrected chi connectivity index (χ1v) is 6.75. The number of nitrogens with zero attached hydrogens (tertiary/aromatic N) is 2. The van der Waals surface area contributed by atoms with Crippen LogP contribution in [0.1, 0.15) is 16.1 Å². The molecule has 104 valence electrons. The molecule has 1 heterocycles. The van der Waals surface area contributed by atoms with E-state index in [1.807, 2.05) is 13.8 Å². The number of hydrogen-bond acceptors (Lipinski definition) is 5. The lowest BCUT2D eigenvalue weighted by Gasteiger charge is -2.03. The standard InChI is InChI=1S/C13H13N3O3S/c1-8-9(2)20-13(14-8)15-12(17)7-10-5-3-4-6-11(10)16(18)19/h3-6H,7H2,1-2H3,(H,14,15,17). The Morgan fingerprint density at radius 2 is 2.10 bits per heavy atom. The lowest BCUT2D eigenvalue weighted by atomic mass is 10.1. The molecule has 1 amide bonds. The molecule has 6 nitrogen and oxygen atoms in total. The van der Waals surface area contributed by atoms with Crippen LogP contribution in [0.2, 0.25) is 0 Å². The number of nitro groups is 1. The molecule has 0 radical (unpaired) electrons. The molecule has 2 aromatic rings. The number of nitrogens with one attached hydrogen (secondary N) is 1. The maximum Gasteiger partial charge on any atom is 0.273 e. The van der Waals surface area contributed by atoms with E-state index < -0.39 is 4.92 Å². The summed E-state index contributed by atoms with van der Waals surface area (Å²) in [6.45, 7) is 3.79. The fraction of sp³-hybridized carbons (Fsp3) is 0.231. The number of nitro benzene ring substituents is 1. The van der Waals surface area contributed by atoms with Crippen LogP contribution in [0.15, 0.2) is 24.3 Å². The van der Waals surface area contributed by atoms with Gasteiger partial charge < -0.3 is 5.32 Å². The molecule has 0 saturated carbocycles. The fourth-order valence-corrected chi connectivity index (χ4v) is 2.53. The van der Waals surface area contributed by atoms with Gasteiger partial charge in [0.2, 0.25) is 5.91 Å². The van der Waals surface area contributed by atoms with Gasteiger partial charge in [-0.15, -0.1) is 11.3 Å². The Kier molecular flexibility index (Phi) is 4.09. The normalized spacial score (nSPS) is 10.3. The van der Waals surface area contributed by atoms with Gasteiger partial charge in [0.05, 0.1) is 17.0 Å². The van der Waals surface area contributed by atoms with Crippen LogP contribution in [-0.4, -0.2) is 15.8 Å². The van der Waals surface area contributed by atoms with Crippen LogP contribution >= 0.6 is 11.3 Å². The Morgan fingerprint density at radius 1 is 1.40 bits per heavy atom. The van der Waals surface area contributed by atoms with Gasteiger partial charge in [-0.1, -0.05) is 18.2 Å². The Hall–Kier alpha value is -2.28. The largest absolute Gasteiger partial charge is 0.302 e. The third-order valence-electron chi connectivity index (χ3n) is 2.81. The third kappa shape index (κ3) is 3.18. The number of benzene rings is 1. The van der Waals surface area contributed by atoms with Crippen molar-refractivity contribution in [3.8, 4) is 0 Å². The highest BCUT2D eigenvalue weighted by atomic mass is 32.1. The molecule has 2 rings (SSSR count). The number of thiazole rings is 1. The molecule has 1 aromatic heterocycles. The molecule has 20 heavy (non-hydrogen) atoms. The van der Waals surface area contributed by atoms with Crippen molar-refractivity contribution in [1.29, 1.82) is 0 Å². The number of carbonyl (C=O) groups excluding carboxylic acids is 1. The van der Waals surface area contributed by atoms with Gasteiger partial charge in [-0.3, -0.25) is 14.9 Å². The molecule has 0 atom stereocenters. The molecule has 1 aromatic carbocycles. The predicted molar refractivity (Wildman–Crippen MR) is 77.0 cm³/mol. The maximum atomic E-state index is 11.9. The maximum absolute atomic E-state index is 11.9. The summed E-state index contributed by atoms with van der Waals surface area (Å²) in [7, 11) is 0. The van der Waals surface area contributed by atoms with E-state index in [0.29, 0.717) is 10.7 Å². The molecular formula is C13H13N3O3S. The molecule has 0 spiro atoms. The van der Waals surface area contributed by atoms with E-state index in [1.54, 1.807) is 18.2 Å². The van der Waals surface area contributed by atoms with Gasteiger partial charge in [0.15, 0.2) is 5.13 Å². The highest BCUT2D eigenvalue weighted by Gasteiger charge is 2.16. The van der Waals surface area contributed by atoms with Gasteiger partial charge in [0.25, 0.3) is 5.69 Å². The van der Waals surface area contributed by atoms with Gasteiger partial charge in [0.1, 0.15) is 0 Å². The molecule has 1 N–H and O–H groups in total. The van der Waals surface area contributed by atoms with E-state index in [4.69, 9.17) is 0 Å². The Labute approximate surface area is 119 Å². The van der Waals surface area contributed by atoms with Crippen LogP contribution < -0.4 is 5.32 Å². The van der Waals surface area contributed by atoms with E-state index in [1.165, 1.54) is 17.4 Å². The van der Waals surface area contributed by atoms with Gasteiger partial charge >= 0.3 is 0 Å². The second kappa shape index (κ2) is 5.79. The van der Waals surface area contributed by atoms with E-state index in [9.17, 15) is 14.9 Å². The average Bonchev–Trinajstić information content (AvgIpc) is 2.68. The number of anilines is 1. The summed E-state index contributed by atoms with van der Waals surface area (Å²) in [4.78, 5) is 27.5. The highest BCUT2D eigenvalue weighted by Crippen LogP contribution is 2.22. The minimum Gasteiger partial charge on any atom is -0.302 e. The van der Waals surface area contributed by atoms with Crippen LogP contribution in [-0.2, 0) is 11.2 Å². The van der Waals surface area contributed by atoms with Crippen LogP contribution in [0, 0.1) is 24.0 Å². The van der Waals surface area contributed by atoms with E-state index in [2.05, 4.69) is 10.3 Å². The molecule has 0 aliphatic carbocycles. The average molecular weight is 291 g/mol. The van der Waals surface area contributed by atoms with Crippen LogP contribution in [0.3, 0.4) is 0 Å². The van der Waals surface area contributed by atoms with Gasteiger partial charge in [-0.05, 0) is 13.8 Å². The number of carbonyl (C=O) groups is 1. The number of rotatable bonds is 4. The predicted octanol–water partition coefficient (Wildman–Crippen LogP) is 2.85. The molecule has 7 heteroatoms. The topological polar surface area (TPSA) is 85.1 Å². The first-order chi connectivity index (χ1) is 9.47. The van der Waals surface area contributed by atoms with E-state index in [0.717, 1.165) is 10.6 Å². The summed E-state index contributed by atoms with van der Waals surface area (Å²) >= 11 is 1.39. The quantitative estimate of drug-likeness (QED) is 0.693. The zero-order valence-corrected chi connectivity index (χ0v) is 11.9. The third-order valence-corrected chi connectivity index (χ3v) is 3.80. The van der Waals surface area contributed by atoms with Crippen LogP contribution in [0.5, 0.6) is 0 Å². The minimum absolute atomic E-state index is 0.0468. The lowest BCUT2D eigenvalue weighted by Crippen LogP contribution is -2.15. The van der Waals surface area contributed by atoms with Gasteiger partial charge in [-0.25, -0.2) is 4.98 Å². The van der Waals surface area contributed by atoms with Gasteiger partial charge in [0, 0.05) is 16.5 Å². The lowest BCUT2D eigenvalue weighted by molar-refractivity contribution is -0.385. The number of amides is 1. The Balaban J connectivity index is 2.10. The van der Waals surface area contributed by atoms with Crippen LogP contribution in [0.25, 0.3) is 0 Å². The first kappa shape index (κ1) is 14.1. The van der Waals surface area contributed by atoms with Crippen molar-refractivity contribution in [2.45, 2.75) is 20.3 Å². The van der Waals surface area contributed by atoms with Crippen LogP contribution in [0.4, 0.5) is 10.8 Å². The number of hydrogen-bond donors (Lipinski definition) is 1. The summed E-state index contributed by atoms with van der Waals surface area (Å²) in [5.41, 5.74) is 1.21. The number of para-hydroxylation sites is 1. The monoisotopic (exact) mass is 291 g/mol. The molecule has 0 unspecified atom stereocenters. The van der Waals surface area contributed by atoms with Crippen molar-refractivity contribution in [2.24, 2.45) is 0 Å². The van der Waals surface area contributed by atoms with Crippen molar-refractivity contribution >= 4 is 28.1 Å².